The number of nitrogens with one attached hydrogen (secondary N) is 1. The molecule has 0 spiro atoms. The van der Waals surface area contributed by atoms with E-state index in [1.54, 1.807) is 0 Å². The number of aromatic amines is 1. The van der Waals surface area contributed by atoms with Gasteiger partial charge in [-0.2, -0.15) is 5.10 Å². The molecule has 2 rings (SSSR count). The highest BCUT2D eigenvalue weighted by Crippen LogP contribution is 2.30. The number of likely N-dealkylation sites (tertiary alicyclic amines) is 1. The number of rotatable bonds is 4. The van der Waals surface area contributed by atoms with Gasteiger partial charge in [0.15, 0.2) is 0 Å². The number of hydrogen-bond acceptors (Lipinski definition) is 3. The molecule has 3 N–H and O–H groups in total. The summed E-state index contributed by atoms with van der Waals surface area (Å²) >= 11 is 0. The van der Waals surface area contributed by atoms with Crippen LogP contribution in [0.4, 0.5) is 0 Å². The quantitative estimate of drug-likeness (QED) is 0.894. The van der Waals surface area contributed by atoms with Crippen LogP contribution < -0.4 is 5.73 Å². The third-order valence-corrected chi connectivity index (χ3v) is 3.32. The molecule has 1 aromatic rings. The van der Waals surface area contributed by atoms with E-state index in [2.05, 4.69) is 10.2 Å². The first-order chi connectivity index (χ1) is 8.33. The fraction of sp³-hybridized carbons (Fsp3) is 0.667. The van der Waals surface area contributed by atoms with Crippen LogP contribution in [0.1, 0.15) is 43.7 Å². The second kappa shape index (κ2) is 9.18. The lowest BCUT2D eigenvalue weighted by Gasteiger charge is -2.35. The Morgan fingerprint density at radius 1 is 1.47 bits per heavy atom. The Hall–Kier alpha value is -0.780. The summed E-state index contributed by atoms with van der Waals surface area (Å²) in [5, 5.41) is 6.79. The van der Waals surface area contributed by atoms with Crippen molar-refractivity contribution in [3.05, 3.63) is 18.0 Å². The number of amides is 1. The van der Waals surface area contributed by atoms with Crippen molar-refractivity contribution in [2.45, 2.75) is 38.1 Å². The molecule has 1 aliphatic rings. The molecule has 1 aromatic heterocycles. The molecule has 0 bridgehead atoms. The molecule has 7 heteroatoms. The Bertz CT molecular complexity index is 359. The van der Waals surface area contributed by atoms with E-state index in [0.717, 1.165) is 31.4 Å². The van der Waals surface area contributed by atoms with Gasteiger partial charge in [0, 0.05) is 24.7 Å². The lowest BCUT2D eigenvalue weighted by Crippen LogP contribution is -2.38. The highest BCUT2D eigenvalue weighted by Gasteiger charge is 2.27. The summed E-state index contributed by atoms with van der Waals surface area (Å²) in [5.74, 6) is 0.223. The number of carbonyl (C=O) groups excluding carboxylic acids is 1. The molecule has 19 heavy (non-hydrogen) atoms. The van der Waals surface area contributed by atoms with Gasteiger partial charge in [-0.3, -0.25) is 9.89 Å². The Labute approximate surface area is 126 Å². The van der Waals surface area contributed by atoms with E-state index >= 15 is 0 Å². The predicted octanol–water partition coefficient (Wildman–Crippen LogP) is 2.05. The Morgan fingerprint density at radius 2 is 2.26 bits per heavy atom. The highest BCUT2D eigenvalue weighted by molar-refractivity contribution is 5.85. The summed E-state index contributed by atoms with van der Waals surface area (Å²) in [6.45, 7) is 1.44. The van der Waals surface area contributed by atoms with Crippen molar-refractivity contribution in [2.75, 3.05) is 13.1 Å². The number of piperidine rings is 1. The van der Waals surface area contributed by atoms with E-state index in [4.69, 9.17) is 5.73 Å². The minimum Gasteiger partial charge on any atom is -0.336 e. The second-order valence-electron chi connectivity index (χ2n) is 4.52. The second-order valence-corrected chi connectivity index (χ2v) is 4.52. The maximum Gasteiger partial charge on any atom is 0.223 e. The number of aromatic nitrogens is 2. The van der Waals surface area contributed by atoms with Crippen molar-refractivity contribution in [2.24, 2.45) is 5.73 Å². The van der Waals surface area contributed by atoms with Crippen LogP contribution >= 0.6 is 24.8 Å². The topological polar surface area (TPSA) is 75.0 Å². The van der Waals surface area contributed by atoms with E-state index in [1.807, 2.05) is 17.3 Å². The Balaban J connectivity index is 0.00000162. The molecule has 0 saturated carbocycles. The summed E-state index contributed by atoms with van der Waals surface area (Å²) in [6, 6.07) is 0.202. The van der Waals surface area contributed by atoms with Gasteiger partial charge in [0.25, 0.3) is 0 Å². The molecule has 110 valence electrons. The van der Waals surface area contributed by atoms with Crippen LogP contribution in [0.5, 0.6) is 0 Å². The molecule has 1 amide bonds. The van der Waals surface area contributed by atoms with Crippen molar-refractivity contribution in [3.63, 3.8) is 0 Å². The Kier molecular flexibility index (Phi) is 8.80. The first-order valence-electron chi connectivity index (χ1n) is 6.31. The molecule has 1 saturated heterocycles. The minimum absolute atomic E-state index is 0. The zero-order valence-corrected chi connectivity index (χ0v) is 12.5. The maximum atomic E-state index is 12.1. The van der Waals surface area contributed by atoms with E-state index < -0.39 is 0 Å². The number of nitrogens with zero attached hydrogens (tertiary/aromatic N) is 2. The monoisotopic (exact) mass is 308 g/mol. The van der Waals surface area contributed by atoms with Gasteiger partial charge in [0.2, 0.25) is 5.91 Å². The normalized spacial score (nSPS) is 18.4. The summed E-state index contributed by atoms with van der Waals surface area (Å²) in [5.41, 5.74) is 6.57. The average molecular weight is 309 g/mol. The van der Waals surface area contributed by atoms with Crippen molar-refractivity contribution in [1.29, 1.82) is 0 Å². The first kappa shape index (κ1) is 18.2. The largest absolute Gasteiger partial charge is 0.336 e. The van der Waals surface area contributed by atoms with Crippen LogP contribution in [-0.4, -0.2) is 34.1 Å². The van der Waals surface area contributed by atoms with Gasteiger partial charge in [-0.15, -0.1) is 24.8 Å². The molecule has 0 aliphatic carbocycles. The molecular weight excluding hydrogens is 287 g/mol. The molecule has 0 radical (unpaired) electrons. The number of nitrogens with two attached hydrogens (primary N) is 1. The van der Waals surface area contributed by atoms with Crippen LogP contribution in [0, 0.1) is 0 Å². The smallest absolute Gasteiger partial charge is 0.223 e. The van der Waals surface area contributed by atoms with Crippen molar-refractivity contribution >= 4 is 30.7 Å². The molecule has 1 atom stereocenters. The zero-order chi connectivity index (χ0) is 12.1. The predicted molar refractivity (Wildman–Crippen MR) is 79.7 cm³/mol. The third kappa shape index (κ3) is 4.67. The van der Waals surface area contributed by atoms with E-state index in [1.165, 1.54) is 6.42 Å². The molecule has 2 heterocycles. The fourth-order valence-electron chi connectivity index (χ4n) is 2.42. The van der Waals surface area contributed by atoms with Gasteiger partial charge in [0.1, 0.15) is 0 Å². The van der Waals surface area contributed by atoms with Gasteiger partial charge < -0.3 is 10.6 Å². The van der Waals surface area contributed by atoms with Crippen LogP contribution in [0.2, 0.25) is 0 Å². The van der Waals surface area contributed by atoms with Crippen LogP contribution in [0.25, 0.3) is 0 Å². The molecule has 1 unspecified atom stereocenters. The standard InChI is InChI=1S/C12H20N4O.2ClH/c13-6-3-5-12(17)16-7-2-1-4-11(16)10-8-14-15-9-10;;/h8-9,11H,1-7,13H2,(H,14,15);2*1H. The summed E-state index contributed by atoms with van der Waals surface area (Å²) < 4.78 is 0. The average Bonchev–Trinajstić information content (AvgIpc) is 2.89. The lowest BCUT2D eigenvalue weighted by molar-refractivity contribution is -0.135. The van der Waals surface area contributed by atoms with E-state index in [9.17, 15) is 4.79 Å². The maximum absolute atomic E-state index is 12.1. The Morgan fingerprint density at radius 3 is 2.89 bits per heavy atom. The molecule has 5 nitrogen and oxygen atoms in total. The number of carbonyl (C=O) groups is 1. The van der Waals surface area contributed by atoms with Gasteiger partial charge in [-0.1, -0.05) is 0 Å². The van der Waals surface area contributed by atoms with Crippen LogP contribution in [0.15, 0.2) is 12.4 Å². The van der Waals surface area contributed by atoms with Gasteiger partial charge in [-0.05, 0) is 32.2 Å². The molecule has 0 aromatic carbocycles. The van der Waals surface area contributed by atoms with Crippen LogP contribution in [-0.2, 0) is 4.79 Å². The fourth-order valence-corrected chi connectivity index (χ4v) is 2.42. The third-order valence-electron chi connectivity index (χ3n) is 3.32. The molecule has 1 fully saturated rings. The van der Waals surface area contributed by atoms with Gasteiger partial charge in [-0.25, -0.2) is 0 Å². The SMILES string of the molecule is Cl.Cl.NCCCC(=O)N1CCCCC1c1cn[nH]c1. The number of hydrogen-bond donors (Lipinski definition) is 2. The first-order valence-corrected chi connectivity index (χ1v) is 6.31. The van der Waals surface area contributed by atoms with E-state index in [-0.39, 0.29) is 36.8 Å². The minimum atomic E-state index is 0. The lowest BCUT2D eigenvalue weighted by atomic mass is 9.97. The zero-order valence-electron chi connectivity index (χ0n) is 10.9. The number of halogens is 2. The summed E-state index contributed by atoms with van der Waals surface area (Å²) in [6.07, 6.45) is 8.35. The van der Waals surface area contributed by atoms with E-state index in [0.29, 0.717) is 13.0 Å². The van der Waals surface area contributed by atoms with Crippen LogP contribution in [0.3, 0.4) is 0 Å². The van der Waals surface area contributed by atoms with Gasteiger partial charge in [0.05, 0.1) is 12.2 Å². The molecular formula is C12H22Cl2N4O. The highest BCUT2D eigenvalue weighted by atomic mass is 35.5. The number of H-pyrrole nitrogens is 1. The molecule has 1 aliphatic heterocycles. The van der Waals surface area contributed by atoms with Crippen molar-refractivity contribution in [1.82, 2.24) is 15.1 Å². The van der Waals surface area contributed by atoms with Crippen molar-refractivity contribution < 1.29 is 4.79 Å². The summed E-state index contributed by atoms with van der Waals surface area (Å²) in [4.78, 5) is 14.1. The summed E-state index contributed by atoms with van der Waals surface area (Å²) in [7, 11) is 0. The van der Waals surface area contributed by atoms with Gasteiger partial charge >= 0.3 is 0 Å². The van der Waals surface area contributed by atoms with Crippen molar-refractivity contribution in [3.8, 4) is 0 Å².